The summed E-state index contributed by atoms with van der Waals surface area (Å²) < 4.78 is 16.6. The van der Waals surface area contributed by atoms with Crippen molar-refractivity contribution < 1.29 is 19.0 Å². The molecule has 1 N–H and O–H groups in total. The molecule has 1 aliphatic heterocycles. The van der Waals surface area contributed by atoms with Crippen LogP contribution in [0.25, 0.3) is 6.08 Å². The van der Waals surface area contributed by atoms with Gasteiger partial charge in [0.15, 0.2) is 11.5 Å². The molecule has 30 heavy (non-hydrogen) atoms. The number of amides is 1. The third kappa shape index (κ3) is 4.90. The zero-order chi connectivity index (χ0) is 20.8. The quantitative estimate of drug-likeness (QED) is 0.601. The summed E-state index contributed by atoms with van der Waals surface area (Å²) in [6.07, 6.45) is 6.53. The summed E-state index contributed by atoms with van der Waals surface area (Å²) >= 11 is 1.43. The van der Waals surface area contributed by atoms with E-state index in [1.54, 1.807) is 43.8 Å². The number of ether oxygens (including phenoxy) is 3. The van der Waals surface area contributed by atoms with Gasteiger partial charge in [-0.25, -0.2) is 9.97 Å². The Balaban J connectivity index is 1.43. The molecule has 0 atom stereocenters. The molecule has 8 heteroatoms. The Morgan fingerprint density at radius 1 is 1.10 bits per heavy atom. The Kier molecular flexibility index (Phi) is 6.14. The van der Waals surface area contributed by atoms with Gasteiger partial charge in [0.05, 0.1) is 7.11 Å². The van der Waals surface area contributed by atoms with E-state index in [-0.39, 0.29) is 5.91 Å². The largest absolute Gasteiger partial charge is 0.493 e. The third-order valence-corrected chi connectivity index (χ3v) is 5.01. The molecule has 7 nitrogen and oxygen atoms in total. The fourth-order valence-electron chi connectivity index (χ4n) is 2.80. The number of nitrogens with zero attached hydrogens (tertiary/aromatic N) is 2. The SMILES string of the molecule is COc1cc(/C=C/C(=O)Nc2ccnc(Sc3ccccn3)c2)cc2c1OCCO2. The summed E-state index contributed by atoms with van der Waals surface area (Å²) in [6.45, 7) is 0.957. The Labute approximate surface area is 178 Å². The number of anilines is 1. The number of methoxy groups -OCH3 is 1. The monoisotopic (exact) mass is 421 g/mol. The summed E-state index contributed by atoms with van der Waals surface area (Å²) in [5.41, 5.74) is 1.42. The molecule has 0 unspecified atom stereocenters. The zero-order valence-corrected chi connectivity index (χ0v) is 17.0. The second-order valence-corrected chi connectivity index (χ2v) is 7.26. The highest BCUT2D eigenvalue weighted by Crippen LogP contribution is 2.40. The van der Waals surface area contributed by atoms with Crippen LogP contribution in [0.5, 0.6) is 17.2 Å². The second kappa shape index (κ2) is 9.32. The maximum atomic E-state index is 12.4. The fourth-order valence-corrected chi connectivity index (χ4v) is 3.58. The number of hydrogen-bond acceptors (Lipinski definition) is 7. The number of aromatic nitrogens is 2. The molecule has 0 fully saturated rings. The van der Waals surface area contributed by atoms with Gasteiger partial charge in [-0.1, -0.05) is 17.8 Å². The number of fused-ring (bicyclic) bond motifs is 1. The van der Waals surface area contributed by atoms with Gasteiger partial charge in [-0.05, 0) is 48.0 Å². The first-order valence-corrected chi connectivity index (χ1v) is 10.0. The Morgan fingerprint density at radius 3 is 2.80 bits per heavy atom. The number of rotatable bonds is 6. The van der Waals surface area contributed by atoms with Gasteiger partial charge in [0.25, 0.3) is 0 Å². The van der Waals surface area contributed by atoms with Crippen LogP contribution < -0.4 is 19.5 Å². The first-order valence-electron chi connectivity index (χ1n) is 9.23. The van der Waals surface area contributed by atoms with Crippen LogP contribution in [0.3, 0.4) is 0 Å². The predicted octanol–water partition coefficient (Wildman–Crippen LogP) is 4.06. The molecule has 1 aromatic carbocycles. The van der Waals surface area contributed by atoms with Crippen molar-refractivity contribution in [1.29, 1.82) is 0 Å². The van der Waals surface area contributed by atoms with Crippen molar-refractivity contribution in [1.82, 2.24) is 9.97 Å². The Morgan fingerprint density at radius 2 is 1.97 bits per heavy atom. The van der Waals surface area contributed by atoms with Crippen LogP contribution in [0.4, 0.5) is 5.69 Å². The Hall–Kier alpha value is -3.52. The number of carbonyl (C=O) groups excluding carboxylic acids is 1. The lowest BCUT2D eigenvalue weighted by molar-refractivity contribution is -0.111. The zero-order valence-electron chi connectivity index (χ0n) is 16.2. The maximum Gasteiger partial charge on any atom is 0.248 e. The second-order valence-electron chi connectivity index (χ2n) is 6.22. The van der Waals surface area contributed by atoms with E-state index in [9.17, 15) is 4.79 Å². The summed E-state index contributed by atoms with van der Waals surface area (Å²) in [5, 5.41) is 4.42. The summed E-state index contributed by atoms with van der Waals surface area (Å²) in [6, 6.07) is 12.8. The van der Waals surface area contributed by atoms with E-state index >= 15 is 0 Å². The van der Waals surface area contributed by atoms with Crippen LogP contribution in [-0.4, -0.2) is 36.2 Å². The van der Waals surface area contributed by atoms with E-state index in [4.69, 9.17) is 14.2 Å². The van der Waals surface area contributed by atoms with Crippen molar-refractivity contribution in [3.8, 4) is 17.2 Å². The maximum absolute atomic E-state index is 12.4. The fraction of sp³-hybridized carbons (Fsp3) is 0.136. The van der Waals surface area contributed by atoms with Gasteiger partial charge < -0.3 is 19.5 Å². The van der Waals surface area contributed by atoms with Gasteiger partial charge >= 0.3 is 0 Å². The lowest BCUT2D eigenvalue weighted by Gasteiger charge is -2.20. The molecule has 2 aromatic heterocycles. The molecule has 4 rings (SSSR count). The molecule has 152 valence electrons. The summed E-state index contributed by atoms with van der Waals surface area (Å²) in [5.74, 6) is 1.49. The average molecular weight is 421 g/mol. The molecule has 0 saturated carbocycles. The standard InChI is InChI=1S/C22H19N3O4S/c1-27-17-12-15(13-18-22(17)29-11-10-28-18)5-6-19(26)25-16-7-9-24-21(14-16)30-20-4-2-3-8-23-20/h2-9,12-14H,10-11H2,1H3,(H,24,25,26)/b6-5+. The predicted molar refractivity (Wildman–Crippen MR) is 114 cm³/mol. The van der Waals surface area contributed by atoms with E-state index in [1.165, 1.54) is 17.8 Å². The first-order chi connectivity index (χ1) is 14.7. The van der Waals surface area contributed by atoms with Gasteiger partial charge in [0.2, 0.25) is 11.7 Å². The van der Waals surface area contributed by atoms with Gasteiger partial charge in [-0.15, -0.1) is 0 Å². The first kappa shape index (κ1) is 19.8. The smallest absolute Gasteiger partial charge is 0.248 e. The Bertz CT molecular complexity index is 1060. The van der Waals surface area contributed by atoms with Crippen LogP contribution >= 0.6 is 11.8 Å². The van der Waals surface area contributed by atoms with Crippen molar-refractivity contribution in [3.05, 3.63) is 66.5 Å². The van der Waals surface area contributed by atoms with E-state index < -0.39 is 0 Å². The van der Waals surface area contributed by atoms with Gasteiger partial charge in [0.1, 0.15) is 23.3 Å². The van der Waals surface area contributed by atoms with Crippen molar-refractivity contribution in [2.24, 2.45) is 0 Å². The van der Waals surface area contributed by atoms with Gasteiger partial charge in [0, 0.05) is 24.2 Å². The summed E-state index contributed by atoms with van der Waals surface area (Å²) in [4.78, 5) is 21.0. The minimum Gasteiger partial charge on any atom is -0.493 e. The van der Waals surface area contributed by atoms with Crippen molar-refractivity contribution in [2.45, 2.75) is 10.1 Å². The van der Waals surface area contributed by atoms with E-state index in [0.29, 0.717) is 36.1 Å². The van der Waals surface area contributed by atoms with Crippen LogP contribution in [0.2, 0.25) is 0 Å². The molecule has 0 spiro atoms. The number of carbonyl (C=O) groups is 1. The number of nitrogens with one attached hydrogen (secondary N) is 1. The molecule has 1 aliphatic rings. The molecule has 0 aliphatic carbocycles. The molecular weight excluding hydrogens is 402 g/mol. The number of hydrogen-bond donors (Lipinski definition) is 1. The molecule has 3 heterocycles. The van der Waals surface area contributed by atoms with Crippen LogP contribution in [0.15, 0.2) is 71.0 Å². The van der Waals surface area contributed by atoms with Gasteiger partial charge in [-0.3, -0.25) is 4.79 Å². The normalized spacial score (nSPS) is 12.6. The van der Waals surface area contributed by atoms with Crippen molar-refractivity contribution in [2.75, 3.05) is 25.6 Å². The molecule has 3 aromatic rings. The van der Waals surface area contributed by atoms with Gasteiger partial charge in [-0.2, -0.15) is 0 Å². The molecular formula is C22H19N3O4S. The lowest BCUT2D eigenvalue weighted by atomic mass is 10.1. The van der Waals surface area contributed by atoms with E-state index in [1.807, 2.05) is 24.3 Å². The minimum absolute atomic E-state index is 0.260. The summed E-state index contributed by atoms with van der Waals surface area (Å²) in [7, 11) is 1.57. The lowest BCUT2D eigenvalue weighted by Crippen LogP contribution is -2.16. The highest BCUT2D eigenvalue weighted by molar-refractivity contribution is 7.99. The van der Waals surface area contributed by atoms with Crippen molar-refractivity contribution >= 4 is 29.4 Å². The van der Waals surface area contributed by atoms with Crippen LogP contribution in [0, 0.1) is 0 Å². The third-order valence-electron chi connectivity index (χ3n) is 4.13. The number of pyridine rings is 2. The highest BCUT2D eigenvalue weighted by atomic mass is 32.2. The van der Waals surface area contributed by atoms with Crippen LogP contribution in [0.1, 0.15) is 5.56 Å². The average Bonchev–Trinajstić information content (AvgIpc) is 2.78. The van der Waals surface area contributed by atoms with E-state index in [0.717, 1.165) is 15.6 Å². The van der Waals surface area contributed by atoms with Crippen molar-refractivity contribution in [3.63, 3.8) is 0 Å². The molecule has 0 bridgehead atoms. The number of benzene rings is 1. The highest BCUT2D eigenvalue weighted by Gasteiger charge is 2.17. The minimum atomic E-state index is -0.260. The molecule has 0 radical (unpaired) electrons. The van der Waals surface area contributed by atoms with E-state index in [2.05, 4.69) is 15.3 Å². The topological polar surface area (TPSA) is 82.6 Å². The van der Waals surface area contributed by atoms with Crippen LogP contribution in [-0.2, 0) is 4.79 Å². The molecule has 0 saturated heterocycles. The molecule has 1 amide bonds.